The van der Waals surface area contributed by atoms with Gasteiger partial charge in [0.05, 0.1) is 0 Å². The summed E-state index contributed by atoms with van der Waals surface area (Å²) >= 11 is 3.70. The third-order valence-electron chi connectivity index (χ3n) is 3.85. The molecule has 1 aliphatic rings. The van der Waals surface area contributed by atoms with E-state index in [2.05, 4.69) is 51.4 Å². The standard InChI is InChI=1S/C16H25BrN2O/c1-18-10-14-3-4-15(16(17)9-14)12-19(2)11-13-5-7-20-8-6-13/h3-4,9,13,18H,5-8,10-12H2,1-2H3. The van der Waals surface area contributed by atoms with Crippen molar-refractivity contribution >= 4 is 15.9 Å². The maximum absolute atomic E-state index is 5.42. The van der Waals surface area contributed by atoms with Crippen molar-refractivity contribution in [1.82, 2.24) is 10.2 Å². The van der Waals surface area contributed by atoms with Crippen LogP contribution in [0.2, 0.25) is 0 Å². The van der Waals surface area contributed by atoms with Crippen LogP contribution in [-0.2, 0) is 17.8 Å². The van der Waals surface area contributed by atoms with Crippen LogP contribution in [0.25, 0.3) is 0 Å². The lowest BCUT2D eigenvalue weighted by Gasteiger charge is -2.27. The summed E-state index contributed by atoms with van der Waals surface area (Å²) in [6, 6.07) is 6.66. The maximum atomic E-state index is 5.42. The quantitative estimate of drug-likeness (QED) is 0.861. The molecule has 2 rings (SSSR count). The van der Waals surface area contributed by atoms with Crippen molar-refractivity contribution < 1.29 is 4.74 Å². The monoisotopic (exact) mass is 340 g/mol. The molecule has 0 unspecified atom stereocenters. The fourth-order valence-electron chi connectivity index (χ4n) is 2.76. The second-order valence-electron chi connectivity index (χ2n) is 5.71. The summed E-state index contributed by atoms with van der Waals surface area (Å²) in [7, 11) is 4.19. The average Bonchev–Trinajstić information content (AvgIpc) is 2.43. The van der Waals surface area contributed by atoms with Crippen molar-refractivity contribution in [2.75, 3.05) is 33.9 Å². The Morgan fingerprint density at radius 2 is 2.10 bits per heavy atom. The highest BCUT2D eigenvalue weighted by Crippen LogP contribution is 2.22. The summed E-state index contributed by atoms with van der Waals surface area (Å²) in [6.45, 7) is 4.93. The van der Waals surface area contributed by atoms with Crippen LogP contribution in [0.5, 0.6) is 0 Å². The van der Waals surface area contributed by atoms with E-state index in [0.717, 1.165) is 38.8 Å². The summed E-state index contributed by atoms with van der Waals surface area (Å²) in [5, 5.41) is 3.18. The zero-order chi connectivity index (χ0) is 14.4. The van der Waals surface area contributed by atoms with Crippen LogP contribution in [-0.4, -0.2) is 38.8 Å². The largest absolute Gasteiger partial charge is 0.381 e. The van der Waals surface area contributed by atoms with Crippen LogP contribution in [0.3, 0.4) is 0 Å². The number of ether oxygens (including phenoxy) is 1. The molecule has 112 valence electrons. The fraction of sp³-hybridized carbons (Fsp3) is 0.625. The molecule has 1 fully saturated rings. The molecule has 0 bridgehead atoms. The Hall–Kier alpha value is -0.420. The van der Waals surface area contributed by atoms with E-state index in [1.54, 1.807) is 0 Å². The zero-order valence-corrected chi connectivity index (χ0v) is 14.1. The number of benzene rings is 1. The summed E-state index contributed by atoms with van der Waals surface area (Å²) in [6.07, 6.45) is 2.40. The van der Waals surface area contributed by atoms with Crippen LogP contribution >= 0.6 is 15.9 Å². The van der Waals surface area contributed by atoms with Crippen molar-refractivity contribution in [3.05, 3.63) is 33.8 Å². The Labute approximate surface area is 130 Å². The molecular weight excluding hydrogens is 316 g/mol. The summed E-state index contributed by atoms with van der Waals surface area (Å²) in [5.41, 5.74) is 2.68. The van der Waals surface area contributed by atoms with Gasteiger partial charge in [0.2, 0.25) is 0 Å². The molecular formula is C16H25BrN2O. The van der Waals surface area contributed by atoms with Crippen molar-refractivity contribution in [2.24, 2.45) is 5.92 Å². The lowest BCUT2D eigenvalue weighted by molar-refractivity contribution is 0.0549. The van der Waals surface area contributed by atoms with E-state index in [0.29, 0.717) is 0 Å². The van der Waals surface area contributed by atoms with Gasteiger partial charge < -0.3 is 15.0 Å². The Morgan fingerprint density at radius 3 is 2.75 bits per heavy atom. The maximum Gasteiger partial charge on any atom is 0.0469 e. The molecule has 0 saturated carbocycles. The Morgan fingerprint density at radius 1 is 1.35 bits per heavy atom. The second-order valence-corrected chi connectivity index (χ2v) is 6.56. The Bertz CT molecular complexity index is 419. The van der Waals surface area contributed by atoms with Gasteiger partial charge in [-0.1, -0.05) is 28.1 Å². The fourth-order valence-corrected chi connectivity index (χ4v) is 3.31. The summed E-state index contributed by atoms with van der Waals surface area (Å²) in [4.78, 5) is 2.42. The molecule has 1 saturated heterocycles. The van der Waals surface area contributed by atoms with Gasteiger partial charge in [-0.05, 0) is 50.0 Å². The minimum Gasteiger partial charge on any atom is -0.381 e. The van der Waals surface area contributed by atoms with Crippen LogP contribution in [0.15, 0.2) is 22.7 Å². The average molecular weight is 341 g/mol. The molecule has 20 heavy (non-hydrogen) atoms. The van der Waals surface area contributed by atoms with Gasteiger partial charge >= 0.3 is 0 Å². The topological polar surface area (TPSA) is 24.5 Å². The molecule has 1 heterocycles. The number of hydrogen-bond donors (Lipinski definition) is 1. The van der Waals surface area contributed by atoms with Crippen molar-refractivity contribution in [1.29, 1.82) is 0 Å². The molecule has 0 radical (unpaired) electrons. The molecule has 0 aliphatic carbocycles. The minimum atomic E-state index is 0.788. The molecule has 1 aromatic rings. The van der Waals surface area contributed by atoms with Gasteiger partial charge in [-0.25, -0.2) is 0 Å². The van der Waals surface area contributed by atoms with Crippen LogP contribution < -0.4 is 5.32 Å². The van der Waals surface area contributed by atoms with Crippen molar-refractivity contribution in [3.8, 4) is 0 Å². The van der Waals surface area contributed by atoms with Gasteiger partial charge in [-0.15, -0.1) is 0 Å². The number of rotatable bonds is 6. The van der Waals surface area contributed by atoms with E-state index in [1.165, 1.54) is 28.4 Å². The first kappa shape index (κ1) is 16.0. The minimum absolute atomic E-state index is 0.788. The van der Waals surface area contributed by atoms with E-state index in [4.69, 9.17) is 4.74 Å². The molecule has 1 N–H and O–H groups in total. The molecule has 0 atom stereocenters. The van der Waals surface area contributed by atoms with Gasteiger partial charge in [0, 0.05) is 37.3 Å². The van der Waals surface area contributed by atoms with Crippen molar-refractivity contribution in [3.63, 3.8) is 0 Å². The summed E-state index contributed by atoms with van der Waals surface area (Å²) < 4.78 is 6.63. The third-order valence-corrected chi connectivity index (χ3v) is 4.59. The number of nitrogens with one attached hydrogen (secondary N) is 1. The van der Waals surface area contributed by atoms with Gasteiger partial charge in [0.25, 0.3) is 0 Å². The molecule has 1 aromatic carbocycles. The van der Waals surface area contributed by atoms with E-state index in [1.807, 2.05) is 7.05 Å². The predicted octanol–water partition coefficient (Wildman–Crippen LogP) is 3.03. The highest BCUT2D eigenvalue weighted by molar-refractivity contribution is 9.10. The van der Waals surface area contributed by atoms with E-state index >= 15 is 0 Å². The van der Waals surface area contributed by atoms with E-state index < -0.39 is 0 Å². The first-order chi connectivity index (χ1) is 9.69. The first-order valence-corrected chi connectivity index (χ1v) is 8.16. The van der Waals surface area contributed by atoms with Crippen molar-refractivity contribution in [2.45, 2.75) is 25.9 Å². The normalized spacial score (nSPS) is 16.8. The molecule has 0 amide bonds. The highest BCUT2D eigenvalue weighted by Gasteiger charge is 2.16. The SMILES string of the molecule is CNCc1ccc(CN(C)CC2CCOCC2)c(Br)c1. The summed E-state index contributed by atoms with van der Waals surface area (Å²) in [5.74, 6) is 0.788. The highest BCUT2D eigenvalue weighted by atomic mass is 79.9. The number of hydrogen-bond acceptors (Lipinski definition) is 3. The van der Waals surface area contributed by atoms with E-state index in [9.17, 15) is 0 Å². The molecule has 0 spiro atoms. The van der Waals surface area contributed by atoms with Crippen LogP contribution in [0, 0.1) is 5.92 Å². The third kappa shape index (κ3) is 4.85. The van der Waals surface area contributed by atoms with Crippen LogP contribution in [0.4, 0.5) is 0 Å². The second kappa shape index (κ2) is 8.13. The molecule has 1 aliphatic heterocycles. The first-order valence-electron chi connectivity index (χ1n) is 7.37. The van der Waals surface area contributed by atoms with Gasteiger partial charge in [-0.2, -0.15) is 0 Å². The lowest BCUT2D eigenvalue weighted by Crippen LogP contribution is -2.29. The Kier molecular flexibility index (Phi) is 6.49. The predicted molar refractivity (Wildman–Crippen MR) is 86.8 cm³/mol. The number of halogens is 1. The van der Waals surface area contributed by atoms with Crippen LogP contribution in [0.1, 0.15) is 24.0 Å². The lowest BCUT2D eigenvalue weighted by atomic mass is 9.99. The smallest absolute Gasteiger partial charge is 0.0469 e. The molecule has 0 aromatic heterocycles. The number of nitrogens with zero attached hydrogens (tertiary/aromatic N) is 1. The van der Waals surface area contributed by atoms with Gasteiger partial charge in [-0.3, -0.25) is 0 Å². The molecule has 4 heteroatoms. The molecule has 3 nitrogen and oxygen atoms in total. The van der Waals surface area contributed by atoms with Gasteiger partial charge in [0.1, 0.15) is 0 Å². The van der Waals surface area contributed by atoms with Gasteiger partial charge in [0.15, 0.2) is 0 Å². The zero-order valence-electron chi connectivity index (χ0n) is 12.5. The Balaban J connectivity index is 1.88. The van der Waals surface area contributed by atoms with E-state index in [-0.39, 0.29) is 0 Å².